The molecule has 21 heavy (non-hydrogen) atoms. The van der Waals surface area contributed by atoms with Crippen LogP contribution in [0.15, 0.2) is 55.0 Å². The lowest BCUT2D eigenvalue weighted by Gasteiger charge is -2.06. The van der Waals surface area contributed by atoms with Crippen LogP contribution in [-0.4, -0.2) is 20.9 Å². The Bertz CT molecular complexity index is 750. The maximum Gasteiger partial charge on any atom is 0.278 e. The van der Waals surface area contributed by atoms with E-state index in [-0.39, 0.29) is 17.4 Å². The molecular formula is C15H13N5O. The molecule has 0 spiro atoms. The Kier molecular flexibility index (Phi) is 3.34. The first-order valence-electron chi connectivity index (χ1n) is 6.36. The number of carbonyl (C=O) groups is 1. The molecule has 1 aromatic carbocycles. The number of hydrogen-bond donors (Lipinski definition) is 3. The lowest BCUT2D eigenvalue weighted by molar-refractivity contribution is 0.102. The number of nitrogen functional groups attached to an aromatic ring is 1. The fourth-order valence-corrected chi connectivity index (χ4v) is 1.96. The van der Waals surface area contributed by atoms with Crippen LogP contribution in [0.25, 0.3) is 11.3 Å². The van der Waals surface area contributed by atoms with Crippen LogP contribution in [-0.2, 0) is 0 Å². The lowest BCUT2D eigenvalue weighted by atomic mass is 10.1. The van der Waals surface area contributed by atoms with E-state index in [1.54, 1.807) is 0 Å². The van der Waals surface area contributed by atoms with Gasteiger partial charge in [0.2, 0.25) is 0 Å². The Morgan fingerprint density at radius 3 is 2.52 bits per heavy atom. The van der Waals surface area contributed by atoms with Crippen LogP contribution in [0, 0.1) is 0 Å². The van der Waals surface area contributed by atoms with Crippen LogP contribution >= 0.6 is 0 Å². The molecule has 6 nitrogen and oxygen atoms in total. The van der Waals surface area contributed by atoms with Crippen molar-refractivity contribution in [2.75, 3.05) is 11.1 Å². The Hall–Kier alpha value is -3.15. The van der Waals surface area contributed by atoms with Gasteiger partial charge >= 0.3 is 0 Å². The van der Waals surface area contributed by atoms with E-state index >= 15 is 0 Å². The minimum Gasteiger partial charge on any atom is -0.382 e. The van der Waals surface area contributed by atoms with E-state index in [2.05, 4.69) is 20.3 Å². The number of anilines is 2. The maximum absolute atomic E-state index is 12.0. The van der Waals surface area contributed by atoms with Crippen LogP contribution in [0.5, 0.6) is 0 Å². The molecule has 104 valence electrons. The summed E-state index contributed by atoms with van der Waals surface area (Å²) >= 11 is 0. The number of carbonyl (C=O) groups excluding carboxylic acids is 1. The van der Waals surface area contributed by atoms with Gasteiger partial charge in [-0.25, -0.2) is 9.97 Å². The zero-order valence-corrected chi connectivity index (χ0v) is 11.1. The second-order valence-corrected chi connectivity index (χ2v) is 4.41. The summed E-state index contributed by atoms with van der Waals surface area (Å²) in [6.07, 6.45) is 4.73. The highest BCUT2D eigenvalue weighted by Crippen LogP contribution is 2.20. The first-order chi connectivity index (χ1) is 10.2. The zero-order chi connectivity index (χ0) is 14.7. The van der Waals surface area contributed by atoms with Crippen LogP contribution in [0.3, 0.4) is 0 Å². The molecule has 1 amide bonds. The van der Waals surface area contributed by atoms with Crippen LogP contribution in [0.1, 0.15) is 10.5 Å². The fraction of sp³-hybridized carbons (Fsp3) is 0. The number of nitrogens with two attached hydrogens (primary N) is 1. The van der Waals surface area contributed by atoms with Crippen LogP contribution < -0.4 is 11.1 Å². The average Bonchev–Trinajstić information content (AvgIpc) is 3.02. The summed E-state index contributed by atoms with van der Waals surface area (Å²) in [5, 5.41) is 2.74. The first kappa shape index (κ1) is 12.9. The smallest absolute Gasteiger partial charge is 0.278 e. The second-order valence-electron chi connectivity index (χ2n) is 4.41. The minimum atomic E-state index is -0.381. The Balaban J connectivity index is 1.77. The van der Waals surface area contributed by atoms with Crippen molar-refractivity contribution in [1.82, 2.24) is 15.0 Å². The summed E-state index contributed by atoms with van der Waals surface area (Å²) in [6, 6.07) is 11.4. The molecule has 0 bridgehead atoms. The van der Waals surface area contributed by atoms with E-state index in [1.807, 2.05) is 42.6 Å². The summed E-state index contributed by atoms with van der Waals surface area (Å²) < 4.78 is 0. The van der Waals surface area contributed by atoms with E-state index in [0.29, 0.717) is 5.69 Å². The number of benzene rings is 1. The molecule has 3 aromatic rings. The molecule has 0 saturated heterocycles. The fourth-order valence-electron chi connectivity index (χ4n) is 1.96. The van der Waals surface area contributed by atoms with Crippen molar-refractivity contribution in [3.05, 3.63) is 60.7 Å². The lowest BCUT2D eigenvalue weighted by Crippen LogP contribution is -2.16. The average molecular weight is 279 g/mol. The van der Waals surface area contributed by atoms with Gasteiger partial charge in [-0.15, -0.1) is 0 Å². The number of aromatic amines is 1. The number of nitrogens with zero attached hydrogens (tertiary/aromatic N) is 2. The van der Waals surface area contributed by atoms with Gasteiger partial charge in [0.15, 0.2) is 11.5 Å². The highest BCUT2D eigenvalue weighted by molar-refractivity contribution is 6.05. The third-order valence-electron chi connectivity index (χ3n) is 2.99. The molecule has 3 rings (SSSR count). The normalized spacial score (nSPS) is 10.3. The van der Waals surface area contributed by atoms with Gasteiger partial charge < -0.3 is 16.0 Å². The first-order valence-corrected chi connectivity index (χ1v) is 6.36. The van der Waals surface area contributed by atoms with Gasteiger partial charge in [-0.3, -0.25) is 4.79 Å². The molecule has 2 heterocycles. The SMILES string of the molecule is Nc1nccnc1C(=O)Nc1ccc(-c2ccc[nH]2)cc1. The minimum absolute atomic E-state index is 0.109. The third kappa shape index (κ3) is 2.74. The van der Waals surface area contributed by atoms with E-state index < -0.39 is 0 Å². The van der Waals surface area contributed by atoms with Crippen molar-refractivity contribution in [2.24, 2.45) is 0 Å². The van der Waals surface area contributed by atoms with Gasteiger partial charge in [-0.1, -0.05) is 12.1 Å². The van der Waals surface area contributed by atoms with E-state index in [4.69, 9.17) is 5.73 Å². The van der Waals surface area contributed by atoms with Crippen molar-refractivity contribution in [2.45, 2.75) is 0 Å². The molecule has 0 unspecified atom stereocenters. The molecule has 0 aliphatic heterocycles. The quantitative estimate of drug-likeness (QED) is 0.685. The van der Waals surface area contributed by atoms with Crippen molar-refractivity contribution in [3.8, 4) is 11.3 Å². The molecule has 0 atom stereocenters. The maximum atomic E-state index is 12.0. The zero-order valence-electron chi connectivity index (χ0n) is 11.1. The predicted molar refractivity (Wildman–Crippen MR) is 80.6 cm³/mol. The number of aromatic nitrogens is 3. The summed E-state index contributed by atoms with van der Waals surface area (Å²) in [4.78, 5) is 22.9. The van der Waals surface area contributed by atoms with Crippen molar-refractivity contribution in [1.29, 1.82) is 0 Å². The summed E-state index contributed by atoms with van der Waals surface area (Å²) in [6.45, 7) is 0. The van der Waals surface area contributed by atoms with Gasteiger partial charge in [-0.05, 0) is 29.8 Å². The molecule has 0 radical (unpaired) electrons. The van der Waals surface area contributed by atoms with E-state index in [1.165, 1.54) is 12.4 Å². The van der Waals surface area contributed by atoms with Crippen molar-refractivity contribution < 1.29 is 4.79 Å². The summed E-state index contributed by atoms with van der Waals surface area (Å²) in [7, 11) is 0. The molecule has 6 heteroatoms. The van der Waals surface area contributed by atoms with E-state index in [0.717, 1.165) is 11.3 Å². The molecule has 2 aromatic heterocycles. The van der Waals surface area contributed by atoms with Gasteiger partial charge in [0.25, 0.3) is 5.91 Å². The van der Waals surface area contributed by atoms with Gasteiger partial charge in [0.05, 0.1) is 0 Å². The number of hydrogen-bond acceptors (Lipinski definition) is 4. The third-order valence-corrected chi connectivity index (χ3v) is 2.99. The molecule has 0 aliphatic carbocycles. The Labute approximate surface area is 121 Å². The molecule has 0 saturated carbocycles. The molecular weight excluding hydrogens is 266 g/mol. The highest BCUT2D eigenvalue weighted by atomic mass is 16.1. The second kappa shape index (κ2) is 5.46. The van der Waals surface area contributed by atoms with Gasteiger partial charge in [0, 0.05) is 30.0 Å². The predicted octanol–water partition coefficient (Wildman–Crippen LogP) is 2.31. The Morgan fingerprint density at radius 2 is 1.86 bits per heavy atom. The van der Waals surface area contributed by atoms with Crippen molar-refractivity contribution in [3.63, 3.8) is 0 Å². The van der Waals surface area contributed by atoms with E-state index in [9.17, 15) is 4.79 Å². The molecule has 4 N–H and O–H groups in total. The largest absolute Gasteiger partial charge is 0.382 e. The Morgan fingerprint density at radius 1 is 1.10 bits per heavy atom. The number of H-pyrrole nitrogens is 1. The summed E-state index contributed by atoms with van der Waals surface area (Å²) in [5.74, 6) is -0.272. The molecule has 0 fully saturated rings. The van der Waals surface area contributed by atoms with Crippen molar-refractivity contribution >= 4 is 17.4 Å². The van der Waals surface area contributed by atoms with Gasteiger partial charge in [-0.2, -0.15) is 0 Å². The topological polar surface area (TPSA) is 96.7 Å². The number of amides is 1. The number of rotatable bonds is 3. The highest BCUT2D eigenvalue weighted by Gasteiger charge is 2.12. The summed E-state index contributed by atoms with van der Waals surface area (Å²) in [5.41, 5.74) is 8.47. The molecule has 0 aliphatic rings. The van der Waals surface area contributed by atoms with Crippen LogP contribution in [0.4, 0.5) is 11.5 Å². The monoisotopic (exact) mass is 279 g/mol. The number of nitrogens with one attached hydrogen (secondary N) is 2. The van der Waals surface area contributed by atoms with Crippen LogP contribution in [0.2, 0.25) is 0 Å². The van der Waals surface area contributed by atoms with Gasteiger partial charge in [0.1, 0.15) is 0 Å². The standard InChI is InChI=1S/C15H13N5O/c16-14-13(18-8-9-19-14)15(21)20-11-5-3-10(4-6-11)12-2-1-7-17-12/h1-9,17H,(H2,16,19)(H,20,21).